The smallest absolute Gasteiger partial charge is 0.00967 e. The van der Waals surface area contributed by atoms with Crippen LogP contribution in [0.1, 0.15) is 78.6 Å². The summed E-state index contributed by atoms with van der Waals surface area (Å²) in [5.74, 6) is 0. The molecular formula is C18H36N2. The second kappa shape index (κ2) is 6.79. The summed E-state index contributed by atoms with van der Waals surface area (Å²) in [6, 6.07) is 0.857. The molecule has 1 N–H and O–H groups in total. The Morgan fingerprint density at radius 1 is 1.00 bits per heavy atom. The Hall–Kier alpha value is -0.0800. The maximum absolute atomic E-state index is 3.79. The van der Waals surface area contributed by atoms with E-state index in [2.05, 4.69) is 38.0 Å². The van der Waals surface area contributed by atoms with Gasteiger partial charge in [0, 0.05) is 24.7 Å². The second-order valence-corrected chi connectivity index (χ2v) is 8.52. The van der Waals surface area contributed by atoms with Crippen molar-refractivity contribution in [3.05, 3.63) is 0 Å². The molecule has 2 nitrogen and oxygen atoms in total. The molecule has 0 amide bonds. The number of nitrogens with one attached hydrogen (secondary N) is 1. The summed E-state index contributed by atoms with van der Waals surface area (Å²) >= 11 is 0. The first-order valence-corrected chi connectivity index (χ1v) is 8.86. The first kappa shape index (κ1) is 16.3. The van der Waals surface area contributed by atoms with Gasteiger partial charge in [0.25, 0.3) is 0 Å². The molecule has 2 heteroatoms. The Morgan fingerprint density at radius 3 is 2.15 bits per heavy atom. The summed E-state index contributed by atoms with van der Waals surface area (Å²) in [5, 5.41) is 3.79. The van der Waals surface area contributed by atoms with Gasteiger partial charge in [0.15, 0.2) is 0 Å². The Balaban J connectivity index is 1.90. The van der Waals surface area contributed by atoms with Crippen molar-refractivity contribution in [1.29, 1.82) is 0 Å². The van der Waals surface area contributed by atoms with Crippen molar-refractivity contribution in [3.63, 3.8) is 0 Å². The van der Waals surface area contributed by atoms with Crippen molar-refractivity contribution in [2.24, 2.45) is 5.41 Å². The molecule has 2 rings (SSSR count). The Labute approximate surface area is 126 Å². The van der Waals surface area contributed by atoms with Gasteiger partial charge in [-0.25, -0.2) is 0 Å². The zero-order valence-electron chi connectivity index (χ0n) is 14.3. The van der Waals surface area contributed by atoms with Crippen LogP contribution in [0, 0.1) is 5.41 Å². The highest BCUT2D eigenvalue weighted by Gasteiger charge is 2.36. The van der Waals surface area contributed by atoms with E-state index in [0.29, 0.717) is 5.41 Å². The van der Waals surface area contributed by atoms with Crippen molar-refractivity contribution in [1.82, 2.24) is 10.2 Å². The fourth-order valence-corrected chi connectivity index (χ4v) is 4.15. The van der Waals surface area contributed by atoms with Gasteiger partial charge in [-0.1, -0.05) is 32.1 Å². The van der Waals surface area contributed by atoms with E-state index in [1.807, 2.05) is 0 Å². The minimum Gasteiger partial charge on any atom is -0.311 e. The summed E-state index contributed by atoms with van der Waals surface area (Å²) in [6.07, 6.45) is 12.9. The highest BCUT2D eigenvalue weighted by Crippen LogP contribution is 2.39. The monoisotopic (exact) mass is 280 g/mol. The molecular weight excluding hydrogens is 244 g/mol. The maximum atomic E-state index is 3.79. The Kier molecular flexibility index (Phi) is 5.53. The van der Waals surface area contributed by atoms with Crippen LogP contribution >= 0.6 is 0 Å². The molecule has 0 heterocycles. The van der Waals surface area contributed by atoms with E-state index in [-0.39, 0.29) is 5.54 Å². The number of nitrogens with zero attached hydrogens (tertiary/aromatic N) is 1. The molecule has 0 unspecified atom stereocenters. The van der Waals surface area contributed by atoms with Gasteiger partial charge < -0.3 is 10.2 Å². The molecule has 118 valence electrons. The number of hydrogen-bond donors (Lipinski definition) is 1. The lowest BCUT2D eigenvalue weighted by atomic mass is 9.83. The first-order chi connectivity index (χ1) is 9.40. The van der Waals surface area contributed by atoms with Crippen LogP contribution in [-0.2, 0) is 0 Å². The van der Waals surface area contributed by atoms with Crippen LogP contribution in [0.4, 0.5) is 0 Å². The molecule has 0 bridgehead atoms. The van der Waals surface area contributed by atoms with Gasteiger partial charge in [0.05, 0.1) is 0 Å². The van der Waals surface area contributed by atoms with E-state index < -0.39 is 0 Å². The van der Waals surface area contributed by atoms with E-state index in [9.17, 15) is 0 Å². The van der Waals surface area contributed by atoms with Crippen LogP contribution in [0.3, 0.4) is 0 Å². The van der Waals surface area contributed by atoms with E-state index in [0.717, 1.165) is 6.04 Å². The van der Waals surface area contributed by atoms with Gasteiger partial charge in [-0.3, -0.25) is 0 Å². The van der Waals surface area contributed by atoms with E-state index in [4.69, 9.17) is 0 Å². The summed E-state index contributed by atoms with van der Waals surface area (Å²) in [7, 11) is 2.38. The number of hydrogen-bond acceptors (Lipinski definition) is 2. The largest absolute Gasteiger partial charge is 0.311 e. The van der Waals surface area contributed by atoms with Crippen molar-refractivity contribution in [3.8, 4) is 0 Å². The van der Waals surface area contributed by atoms with E-state index >= 15 is 0 Å². The molecule has 2 saturated carbocycles. The molecule has 2 aliphatic carbocycles. The van der Waals surface area contributed by atoms with Gasteiger partial charge in [-0.2, -0.15) is 0 Å². The average molecular weight is 280 g/mol. The van der Waals surface area contributed by atoms with Crippen LogP contribution in [-0.4, -0.2) is 36.6 Å². The molecule has 0 aliphatic heterocycles. The quantitative estimate of drug-likeness (QED) is 0.812. The predicted molar refractivity (Wildman–Crippen MR) is 88.2 cm³/mol. The fraction of sp³-hybridized carbons (Fsp3) is 1.00. The molecule has 0 aromatic heterocycles. The maximum Gasteiger partial charge on any atom is 0.00967 e. The molecule has 20 heavy (non-hydrogen) atoms. The molecule has 0 radical (unpaired) electrons. The van der Waals surface area contributed by atoms with Crippen molar-refractivity contribution >= 4 is 0 Å². The third kappa shape index (κ3) is 4.73. The SMILES string of the molecule is CN(CC1(CNC(C)(C)C)CCCC1)C1CCCCC1. The van der Waals surface area contributed by atoms with Crippen molar-refractivity contribution in [2.45, 2.75) is 90.1 Å². The van der Waals surface area contributed by atoms with Gasteiger partial charge >= 0.3 is 0 Å². The number of rotatable bonds is 5. The van der Waals surface area contributed by atoms with Gasteiger partial charge in [0.2, 0.25) is 0 Å². The lowest BCUT2D eigenvalue weighted by Crippen LogP contribution is -2.49. The molecule has 2 aliphatic rings. The fourth-order valence-electron chi connectivity index (χ4n) is 4.15. The van der Waals surface area contributed by atoms with Crippen LogP contribution in [0.25, 0.3) is 0 Å². The summed E-state index contributed by atoms with van der Waals surface area (Å²) in [5.41, 5.74) is 0.790. The van der Waals surface area contributed by atoms with Crippen molar-refractivity contribution in [2.75, 3.05) is 20.1 Å². The highest BCUT2D eigenvalue weighted by molar-refractivity contribution is 4.92. The van der Waals surface area contributed by atoms with Gasteiger partial charge in [-0.15, -0.1) is 0 Å². The minimum absolute atomic E-state index is 0.249. The third-order valence-corrected chi connectivity index (χ3v) is 5.44. The van der Waals surface area contributed by atoms with Gasteiger partial charge in [0.1, 0.15) is 0 Å². The van der Waals surface area contributed by atoms with E-state index in [1.54, 1.807) is 0 Å². The topological polar surface area (TPSA) is 15.3 Å². The Bertz CT molecular complexity index is 280. The molecule has 0 spiro atoms. The standard InChI is InChI=1S/C18H36N2/c1-17(2,3)19-14-18(12-8-9-13-18)15-20(4)16-10-6-5-7-11-16/h16,19H,5-15H2,1-4H3. The zero-order chi connectivity index (χ0) is 14.6. The predicted octanol–water partition coefficient (Wildman–Crippen LogP) is 4.20. The zero-order valence-corrected chi connectivity index (χ0v) is 14.3. The lowest BCUT2D eigenvalue weighted by molar-refractivity contribution is 0.108. The molecule has 0 aromatic rings. The summed E-state index contributed by atoms with van der Waals surface area (Å²) in [6.45, 7) is 9.38. The molecule has 2 fully saturated rings. The molecule has 0 aromatic carbocycles. The normalized spacial score (nSPS) is 24.4. The van der Waals surface area contributed by atoms with Gasteiger partial charge in [-0.05, 0) is 58.9 Å². The lowest BCUT2D eigenvalue weighted by Gasteiger charge is -2.40. The summed E-state index contributed by atoms with van der Waals surface area (Å²) < 4.78 is 0. The molecule has 0 atom stereocenters. The van der Waals surface area contributed by atoms with Crippen molar-refractivity contribution < 1.29 is 0 Å². The van der Waals surface area contributed by atoms with E-state index in [1.165, 1.54) is 70.9 Å². The first-order valence-electron chi connectivity index (χ1n) is 8.86. The second-order valence-electron chi connectivity index (χ2n) is 8.52. The summed E-state index contributed by atoms with van der Waals surface area (Å²) in [4.78, 5) is 2.70. The minimum atomic E-state index is 0.249. The van der Waals surface area contributed by atoms with Crippen LogP contribution in [0.15, 0.2) is 0 Å². The van der Waals surface area contributed by atoms with Crippen LogP contribution in [0.5, 0.6) is 0 Å². The molecule has 0 saturated heterocycles. The highest BCUT2D eigenvalue weighted by atomic mass is 15.1. The Morgan fingerprint density at radius 2 is 1.60 bits per heavy atom. The van der Waals surface area contributed by atoms with Crippen LogP contribution in [0.2, 0.25) is 0 Å². The average Bonchev–Trinajstić information content (AvgIpc) is 2.86. The van der Waals surface area contributed by atoms with Crippen LogP contribution < -0.4 is 5.32 Å². The third-order valence-electron chi connectivity index (χ3n) is 5.44.